The number of alkyl halides is 2. The van der Waals surface area contributed by atoms with Crippen molar-refractivity contribution in [2.45, 2.75) is 36.8 Å². The Morgan fingerprint density at radius 1 is 1.07 bits per heavy atom. The van der Waals surface area contributed by atoms with Crippen LogP contribution in [0.5, 0.6) is 0 Å². The molecule has 0 spiro atoms. The SMILES string of the molecule is O=C(O)[C@@H]1C2CC(N1C(=O)OCC1c3ccccc3-c3ccccc31)C(F)(F)C2. The van der Waals surface area contributed by atoms with Crippen LogP contribution in [0.25, 0.3) is 11.1 Å². The van der Waals surface area contributed by atoms with Crippen LogP contribution in [0, 0.1) is 5.92 Å². The highest BCUT2D eigenvalue weighted by atomic mass is 19.3. The molecule has 5 nitrogen and oxygen atoms in total. The van der Waals surface area contributed by atoms with Gasteiger partial charge in [0, 0.05) is 12.3 Å². The van der Waals surface area contributed by atoms with Gasteiger partial charge in [-0.25, -0.2) is 18.4 Å². The maximum atomic E-state index is 14.2. The first-order chi connectivity index (χ1) is 13.9. The Hall–Kier alpha value is -2.96. The molecule has 1 saturated carbocycles. The Balaban J connectivity index is 1.39. The first-order valence-corrected chi connectivity index (χ1v) is 9.62. The van der Waals surface area contributed by atoms with Crippen molar-refractivity contribution < 1.29 is 28.2 Å². The number of rotatable bonds is 3. The van der Waals surface area contributed by atoms with Crippen LogP contribution in [-0.4, -0.2) is 46.7 Å². The van der Waals surface area contributed by atoms with Gasteiger partial charge < -0.3 is 9.84 Å². The molecule has 0 radical (unpaired) electrons. The van der Waals surface area contributed by atoms with Crippen molar-refractivity contribution in [1.82, 2.24) is 4.90 Å². The zero-order valence-electron chi connectivity index (χ0n) is 15.4. The summed E-state index contributed by atoms with van der Waals surface area (Å²) in [5, 5.41) is 9.47. The summed E-state index contributed by atoms with van der Waals surface area (Å²) in [5.74, 6) is -5.30. The molecule has 2 fully saturated rings. The molecule has 29 heavy (non-hydrogen) atoms. The van der Waals surface area contributed by atoms with E-state index in [2.05, 4.69) is 0 Å². The molecule has 0 aromatic heterocycles. The lowest BCUT2D eigenvalue weighted by Gasteiger charge is -2.36. The van der Waals surface area contributed by atoms with E-state index in [9.17, 15) is 23.5 Å². The number of carbonyl (C=O) groups is 2. The Kier molecular flexibility index (Phi) is 3.91. The molecule has 2 aliphatic carbocycles. The van der Waals surface area contributed by atoms with Gasteiger partial charge in [-0.15, -0.1) is 0 Å². The minimum Gasteiger partial charge on any atom is -0.480 e. The molecule has 1 aliphatic heterocycles. The van der Waals surface area contributed by atoms with E-state index in [1.54, 1.807) is 0 Å². The number of halogens is 2. The third kappa shape index (κ3) is 2.63. The second-order valence-electron chi connectivity index (χ2n) is 7.97. The quantitative estimate of drug-likeness (QED) is 0.843. The van der Waals surface area contributed by atoms with Gasteiger partial charge in [-0.3, -0.25) is 4.90 Å². The number of hydrogen-bond acceptors (Lipinski definition) is 3. The van der Waals surface area contributed by atoms with Crippen LogP contribution in [-0.2, 0) is 9.53 Å². The third-order valence-corrected chi connectivity index (χ3v) is 6.43. The van der Waals surface area contributed by atoms with Crippen molar-refractivity contribution in [2.24, 2.45) is 5.92 Å². The molecular formula is C22H19F2NO4. The molecule has 2 bridgehead atoms. The van der Waals surface area contributed by atoms with Crippen LogP contribution < -0.4 is 0 Å². The number of hydrogen-bond donors (Lipinski definition) is 1. The Morgan fingerprint density at radius 2 is 1.66 bits per heavy atom. The zero-order valence-corrected chi connectivity index (χ0v) is 15.4. The summed E-state index contributed by atoms with van der Waals surface area (Å²) >= 11 is 0. The summed E-state index contributed by atoms with van der Waals surface area (Å²) in [7, 11) is 0. The van der Waals surface area contributed by atoms with Crippen molar-refractivity contribution in [3.8, 4) is 11.1 Å². The Bertz CT molecular complexity index is 962. The van der Waals surface area contributed by atoms with Crippen LogP contribution in [0.15, 0.2) is 48.5 Å². The fraction of sp³-hybridized carbons (Fsp3) is 0.364. The lowest BCUT2D eigenvalue weighted by atomic mass is 9.97. The van der Waals surface area contributed by atoms with Gasteiger partial charge >= 0.3 is 12.1 Å². The standard InChI is InChI=1S/C22H19F2NO4/c23-22(24)10-12-9-18(22)25(19(12)20(26)27)21(28)29-11-17-15-7-3-1-5-13(15)14-6-2-4-8-16(14)17/h1-8,12,17-19H,9-11H2,(H,26,27)/t12?,18?,19-/m0/s1. The van der Waals surface area contributed by atoms with E-state index in [1.807, 2.05) is 48.5 Å². The first kappa shape index (κ1) is 18.1. The molecule has 7 heteroatoms. The fourth-order valence-electron chi connectivity index (χ4n) is 5.24. The number of carboxylic acid groups (broad SMARTS) is 1. The summed E-state index contributed by atoms with van der Waals surface area (Å²) in [6.45, 7) is -0.0291. The van der Waals surface area contributed by atoms with Gasteiger partial charge in [0.25, 0.3) is 5.92 Å². The number of ether oxygens (including phenoxy) is 1. The summed E-state index contributed by atoms with van der Waals surface area (Å²) < 4.78 is 33.8. The van der Waals surface area contributed by atoms with Gasteiger partial charge in [-0.05, 0) is 34.6 Å². The lowest BCUT2D eigenvalue weighted by Crippen LogP contribution is -2.56. The van der Waals surface area contributed by atoms with Gasteiger partial charge in [0.2, 0.25) is 0 Å². The van der Waals surface area contributed by atoms with Crippen molar-refractivity contribution in [3.05, 3.63) is 59.7 Å². The number of piperidine rings is 1. The molecule has 1 saturated heterocycles. The second-order valence-corrected chi connectivity index (χ2v) is 7.97. The summed E-state index contributed by atoms with van der Waals surface area (Å²) in [6.07, 6.45) is -1.48. The molecule has 3 aliphatic rings. The number of carbonyl (C=O) groups excluding carboxylic acids is 1. The Labute approximate surface area is 165 Å². The van der Waals surface area contributed by atoms with Crippen molar-refractivity contribution in [3.63, 3.8) is 0 Å². The molecule has 2 aromatic rings. The summed E-state index contributed by atoms with van der Waals surface area (Å²) in [5.41, 5.74) is 4.12. The third-order valence-electron chi connectivity index (χ3n) is 6.43. The predicted octanol–water partition coefficient (Wildman–Crippen LogP) is 4.12. The highest BCUT2D eigenvalue weighted by Crippen LogP contribution is 2.51. The van der Waals surface area contributed by atoms with E-state index < -0.39 is 42.4 Å². The van der Waals surface area contributed by atoms with Gasteiger partial charge in [0.1, 0.15) is 12.6 Å². The van der Waals surface area contributed by atoms with Crippen molar-refractivity contribution in [1.29, 1.82) is 0 Å². The maximum Gasteiger partial charge on any atom is 0.411 e. The maximum absolute atomic E-state index is 14.2. The van der Waals surface area contributed by atoms with Crippen LogP contribution in [0.3, 0.4) is 0 Å². The molecule has 1 amide bonds. The molecule has 1 heterocycles. The molecule has 3 atom stereocenters. The normalized spacial score (nSPS) is 26.3. The minimum atomic E-state index is -3.08. The average molecular weight is 399 g/mol. The average Bonchev–Trinajstić information content (AvgIpc) is 3.32. The molecule has 5 rings (SSSR count). The fourth-order valence-corrected chi connectivity index (χ4v) is 5.24. The van der Waals surface area contributed by atoms with Gasteiger partial charge in [-0.1, -0.05) is 48.5 Å². The number of likely N-dealkylation sites (tertiary alicyclic amines) is 1. The van der Waals surface area contributed by atoms with E-state index >= 15 is 0 Å². The van der Waals surface area contributed by atoms with Crippen molar-refractivity contribution >= 4 is 12.1 Å². The number of aliphatic carboxylic acids is 1. The smallest absolute Gasteiger partial charge is 0.411 e. The number of fused-ring (bicyclic) bond motifs is 5. The van der Waals surface area contributed by atoms with E-state index in [-0.39, 0.29) is 18.9 Å². The number of nitrogens with zero attached hydrogens (tertiary/aromatic N) is 1. The minimum absolute atomic E-state index is 0.00579. The summed E-state index contributed by atoms with van der Waals surface area (Å²) in [6, 6.07) is 12.9. The highest BCUT2D eigenvalue weighted by molar-refractivity contribution is 5.83. The summed E-state index contributed by atoms with van der Waals surface area (Å²) in [4.78, 5) is 25.1. The molecule has 150 valence electrons. The van der Waals surface area contributed by atoms with Crippen LogP contribution in [0.1, 0.15) is 29.9 Å². The van der Waals surface area contributed by atoms with Gasteiger partial charge in [-0.2, -0.15) is 0 Å². The predicted molar refractivity (Wildman–Crippen MR) is 99.8 cm³/mol. The zero-order chi connectivity index (χ0) is 20.3. The van der Waals surface area contributed by atoms with Crippen molar-refractivity contribution in [2.75, 3.05) is 6.61 Å². The van der Waals surface area contributed by atoms with E-state index in [1.165, 1.54) is 0 Å². The molecule has 2 aromatic carbocycles. The first-order valence-electron chi connectivity index (χ1n) is 9.62. The second kappa shape index (κ2) is 6.27. The monoisotopic (exact) mass is 399 g/mol. The number of carboxylic acids is 1. The molecule has 1 N–H and O–H groups in total. The van der Waals surface area contributed by atoms with E-state index in [0.29, 0.717) is 0 Å². The van der Waals surface area contributed by atoms with Crippen LogP contribution >= 0.6 is 0 Å². The van der Waals surface area contributed by atoms with E-state index in [4.69, 9.17) is 4.74 Å². The van der Waals surface area contributed by atoms with Gasteiger partial charge in [0.15, 0.2) is 0 Å². The largest absolute Gasteiger partial charge is 0.480 e. The van der Waals surface area contributed by atoms with E-state index in [0.717, 1.165) is 27.2 Å². The number of benzene rings is 2. The lowest BCUT2D eigenvalue weighted by molar-refractivity contribution is -0.151. The topological polar surface area (TPSA) is 66.8 Å². The number of amides is 1. The highest BCUT2D eigenvalue weighted by Gasteiger charge is 2.65. The molecular weight excluding hydrogens is 380 g/mol. The van der Waals surface area contributed by atoms with Gasteiger partial charge in [0.05, 0.1) is 6.04 Å². The van der Waals surface area contributed by atoms with Crippen LogP contribution in [0.2, 0.25) is 0 Å². The Morgan fingerprint density at radius 3 is 2.24 bits per heavy atom. The van der Waals surface area contributed by atoms with Crippen LogP contribution in [0.4, 0.5) is 13.6 Å². The molecule has 2 unspecified atom stereocenters.